The van der Waals surface area contributed by atoms with Crippen molar-refractivity contribution in [2.24, 2.45) is 7.05 Å². The van der Waals surface area contributed by atoms with Gasteiger partial charge in [-0.2, -0.15) is 0 Å². The van der Waals surface area contributed by atoms with Crippen LogP contribution in [0.1, 0.15) is 5.56 Å². The van der Waals surface area contributed by atoms with Gasteiger partial charge in [-0.05, 0) is 24.3 Å². The Bertz CT molecular complexity index is 764. The highest BCUT2D eigenvalue weighted by molar-refractivity contribution is 5.89. The van der Waals surface area contributed by atoms with Crippen molar-refractivity contribution < 1.29 is 14.2 Å². The summed E-state index contributed by atoms with van der Waals surface area (Å²) in [6.07, 6.45) is 1.88. The molecule has 0 amide bonds. The van der Waals surface area contributed by atoms with Crippen LogP contribution in [0.25, 0.3) is 10.9 Å². The monoisotopic (exact) mass is 271 g/mol. The maximum atomic E-state index is 13.5. The van der Waals surface area contributed by atoms with E-state index in [4.69, 9.17) is 4.74 Å². The van der Waals surface area contributed by atoms with E-state index in [-0.39, 0.29) is 18.1 Å². The first-order valence-corrected chi connectivity index (χ1v) is 6.30. The first-order chi connectivity index (χ1) is 9.66. The lowest BCUT2D eigenvalue weighted by atomic mass is 10.1. The molecular formula is C16H14FNO2. The number of phenols is 1. The summed E-state index contributed by atoms with van der Waals surface area (Å²) in [6.45, 7) is 0.204. The quantitative estimate of drug-likeness (QED) is 0.789. The second-order valence-corrected chi connectivity index (χ2v) is 4.66. The van der Waals surface area contributed by atoms with Gasteiger partial charge in [0, 0.05) is 24.2 Å². The lowest BCUT2D eigenvalue weighted by Crippen LogP contribution is -1.96. The van der Waals surface area contributed by atoms with Crippen molar-refractivity contribution in [2.45, 2.75) is 6.61 Å². The van der Waals surface area contributed by atoms with E-state index in [1.807, 2.05) is 23.9 Å². The molecule has 0 spiro atoms. The molecule has 0 radical (unpaired) electrons. The topological polar surface area (TPSA) is 34.4 Å². The van der Waals surface area contributed by atoms with Gasteiger partial charge in [-0.3, -0.25) is 0 Å². The third-order valence-electron chi connectivity index (χ3n) is 3.29. The minimum Gasteiger partial charge on any atom is -0.507 e. The predicted molar refractivity (Wildman–Crippen MR) is 75.3 cm³/mol. The van der Waals surface area contributed by atoms with Gasteiger partial charge in [0.05, 0.1) is 5.52 Å². The van der Waals surface area contributed by atoms with Crippen LogP contribution in [0, 0.1) is 5.82 Å². The fourth-order valence-electron chi connectivity index (χ4n) is 2.35. The molecule has 0 bridgehead atoms. The number of para-hydroxylation sites is 1. The van der Waals surface area contributed by atoms with E-state index in [2.05, 4.69) is 0 Å². The van der Waals surface area contributed by atoms with Crippen LogP contribution in [0.3, 0.4) is 0 Å². The lowest BCUT2D eigenvalue weighted by molar-refractivity contribution is 0.291. The van der Waals surface area contributed by atoms with E-state index in [1.54, 1.807) is 30.3 Å². The summed E-state index contributed by atoms with van der Waals surface area (Å²) >= 11 is 0. The highest BCUT2D eigenvalue weighted by atomic mass is 19.1. The van der Waals surface area contributed by atoms with Gasteiger partial charge in [0.1, 0.15) is 12.4 Å². The molecule has 0 atom stereocenters. The Morgan fingerprint density at radius 2 is 1.95 bits per heavy atom. The average molecular weight is 271 g/mol. The van der Waals surface area contributed by atoms with Gasteiger partial charge in [-0.25, -0.2) is 4.39 Å². The third kappa shape index (κ3) is 2.09. The molecule has 3 aromatic rings. The molecule has 1 aromatic heterocycles. The number of aryl methyl sites for hydroxylation is 1. The smallest absolute Gasteiger partial charge is 0.165 e. The van der Waals surface area contributed by atoms with Gasteiger partial charge in [-0.1, -0.05) is 18.2 Å². The van der Waals surface area contributed by atoms with E-state index in [0.29, 0.717) is 0 Å². The SMILES string of the molecule is Cn1cc(COc2ccccc2F)c2c(O)cccc21. The van der Waals surface area contributed by atoms with Crippen LogP contribution < -0.4 is 4.74 Å². The fourth-order valence-corrected chi connectivity index (χ4v) is 2.35. The number of aromatic hydroxyl groups is 1. The molecule has 0 saturated heterocycles. The zero-order valence-electron chi connectivity index (χ0n) is 11.0. The Labute approximate surface area is 115 Å². The number of phenolic OH excluding ortho intramolecular Hbond substituents is 1. The zero-order valence-corrected chi connectivity index (χ0v) is 11.0. The Kier molecular flexibility index (Phi) is 3.06. The van der Waals surface area contributed by atoms with Gasteiger partial charge in [-0.15, -0.1) is 0 Å². The van der Waals surface area contributed by atoms with E-state index < -0.39 is 5.82 Å². The van der Waals surface area contributed by atoms with Crippen molar-refractivity contribution in [3.05, 3.63) is 60.0 Å². The molecule has 1 N–H and O–H groups in total. The Morgan fingerprint density at radius 1 is 1.15 bits per heavy atom. The molecular weight excluding hydrogens is 257 g/mol. The first kappa shape index (κ1) is 12.5. The second kappa shape index (κ2) is 4.89. The highest BCUT2D eigenvalue weighted by Gasteiger charge is 2.11. The second-order valence-electron chi connectivity index (χ2n) is 4.66. The van der Waals surface area contributed by atoms with Crippen LogP contribution in [0.2, 0.25) is 0 Å². The van der Waals surface area contributed by atoms with E-state index in [1.165, 1.54) is 6.07 Å². The van der Waals surface area contributed by atoms with Gasteiger partial charge in [0.25, 0.3) is 0 Å². The van der Waals surface area contributed by atoms with Gasteiger partial charge < -0.3 is 14.4 Å². The van der Waals surface area contributed by atoms with Gasteiger partial charge in [0.2, 0.25) is 0 Å². The Hall–Kier alpha value is -2.49. The molecule has 4 heteroatoms. The molecule has 0 aliphatic heterocycles. The average Bonchev–Trinajstić information content (AvgIpc) is 2.76. The van der Waals surface area contributed by atoms with Crippen molar-refractivity contribution in [1.29, 1.82) is 0 Å². The first-order valence-electron chi connectivity index (χ1n) is 6.30. The lowest BCUT2D eigenvalue weighted by Gasteiger charge is -2.06. The number of hydrogen-bond donors (Lipinski definition) is 1. The fraction of sp³-hybridized carbons (Fsp3) is 0.125. The summed E-state index contributed by atoms with van der Waals surface area (Å²) in [5.74, 6) is 0.0205. The van der Waals surface area contributed by atoms with Crippen molar-refractivity contribution in [3.8, 4) is 11.5 Å². The number of nitrogens with zero attached hydrogens (tertiary/aromatic N) is 1. The number of aromatic nitrogens is 1. The normalized spacial score (nSPS) is 10.9. The predicted octanol–water partition coefficient (Wildman–Crippen LogP) is 3.60. The summed E-state index contributed by atoms with van der Waals surface area (Å²) in [5.41, 5.74) is 1.74. The largest absolute Gasteiger partial charge is 0.507 e. The highest BCUT2D eigenvalue weighted by Crippen LogP contribution is 2.30. The molecule has 2 aromatic carbocycles. The number of ether oxygens (including phenoxy) is 1. The maximum absolute atomic E-state index is 13.5. The van der Waals surface area contributed by atoms with Gasteiger partial charge >= 0.3 is 0 Å². The number of benzene rings is 2. The molecule has 0 aliphatic rings. The van der Waals surface area contributed by atoms with E-state index in [0.717, 1.165) is 16.5 Å². The van der Waals surface area contributed by atoms with Crippen LogP contribution in [0.15, 0.2) is 48.7 Å². The molecule has 102 valence electrons. The summed E-state index contributed by atoms with van der Waals surface area (Å²) in [5, 5.41) is 10.7. The van der Waals surface area contributed by atoms with Crippen molar-refractivity contribution in [1.82, 2.24) is 4.57 Å². The summed E-state index contributed by atoms with van der Waals surface area (Å²) in [6, 6.07) is 11.6. The minimum absolute atomic E-state index is 0.204. The molecule has 3 nitrogen and oxygen atoms in total. The number of halogens is 1. The molecule has 0 fully saturated rings. The van der Waals surface area contributed by atoms with Crippen molar-refractivity contribution in [2.75, 3.05) is 0 Å². The molecule has 3 rings (SSSR count). The van der Waals surface area contributed by atoms with Gasteiger partial charge in [0.15, 0.2) is 11.6 Å². The van der Waals surface area contributed by atoms with Crippen molar-refractivity contribution in [3.63, 3.8) is 0 Å². The Morgan fingerprint density at radius 3 is 2.75 bits per heavy atom. The summed E-state index contributed by atoms with van der Waals surface area (Å²) in [4.78, 5) is 0. The summed E-state index contributed by atoms with van der Waals surface area (Å²) in [7, 11) is 1.90. The molecule has 0 saturated carbocycles. The summed E-state index contributed by atoms with van der Waals surface area (Å²) < 4.78 is 20.9. The Balaban J connectivity index is 1.94. The molecule has 1 heterocycles. The standard InChI is InChI=1S/C16H14FNO2/c1-18-9-11(16-13(18)6-4-7-14(16)19)10-20-15-8-3-2-5-12(15)17/h2-9,19H,10H2,1H3. The van der Waals surface area contributed by atoms with E-state index in [9.17, 15) is 9.50 Å². The van der Waals surface area contributed by atoms with Crippen LogP contribution >= 0.6 is 0 Å². The number of fused-ring (bicyclic) bond motifs is 1. The molecule has 20 heavy (non-hydrogen) atoms. The van der Waals surface area contributed by atoms with Crippen LogP contribution in [-0.4, -0.2) is 9.67 Å². The van der Waals surface area contributed by atoms with Crippen LogP contribution in [-0.2, 0) is 13.7 Å². The minimum atomic E-state index is -0.392. The maximum Gasteiger partial charge on any atom is 0.165 e. The van der Waals surface area contributed by atoms with Crippen molar-refractivity contribution >= 4 is 10.9 Å². The number of hydrogen-bond acceptors (Lipinski definition) is 2. The van der Waals surface area contributed by atoms with Crippen LogP contribution in [0.4, 0.5) is 4.39 Å². The number of rotatable bonds is 3. The van der Waals surface area contributed by atoms with Crippen LogP contribution in [0.5, 0.6) is 11.5 Å². The van der Waals surface area contributed by atoms with E-state index >= 15 is 0 Å². The molecule has 0 unspecified atom stereocenters. The molecule has 0 aliphatic carbocycles. The third-order valence-corrected chi connectivity index (χ3v) is 3.29. The zero-order chi connectivity index (χ0) is 14.1.